The van der Waals surface area contributed by atoms with E-state index < -0.39 is 6.04 Å². The number of halogens is 2. The number of benzene rings is 2. The molecule has 2 aromatic carbocycles. The second-order valence-corrected chi connectivity index (χ2v) is 7.48. The summed E-state index contributed by atoms with van der Waals surface area (Å²) in [5.41, 5.74) is 1.66. The minimum absolute atomic E-state index is 0.112. The first-order valence-electron chi connectivity index (χ1n) is 9.51. The number of hydrogen-bond acceptors (Lipinski definition) is 2. The second kappa shape index (κ2) is 11.1. The molecule has 0 saturated carbocycles. The van der Waals surface area contributed by atoms with Gasteiger partial charge in [0.05, 0.1) is 6.42 Å². The Hall–Kier alpha value is -2.04. The van der Waals surface area contributed by atoms with E-state index in [0.29, 0.717) is 35.1 Å². The van der Waals surface area contributed by atoms with Crippen molar-refractivity contribution in [1.82, 2.24) is 10.2 Å². The van der Waals surface area contributed by atoms with Crippen molar-refractivity contribution in [3.8, 4) is 0 Å². The third-order valence-corrected chi connectivity index (χ3v) is 5.07. The Morgan fingerprint density at radius 2 is 1.79 bits per heavy atom. The third-order valence-electron chi connectivity index (χ3n) is 4.49. The van der Waals surface area contributed by atoms with Crippen LogP contribution in [0, 0.1) is 0 Å². The van der Waals surface area contributed by atoms with Crippen molar-refractivity contribution in [2.24, 2.45) is 0 Å². The second-order valence-electron chi connectivity index (χ2n) is 6.63. The van der Waals surface area contributed by atoms with Gasteiger partial charge in [-0.2, -0.15) is 0 Å². The van der Waals surface area contributed by atoms with E-state index in [1.807, 2.05) is 44.2 Å². The van der Waals surface area contributed by atoms with Gasteiger partial charge in [-0.25, -0.2) is 0 Å². The molecule has 150 valence electrons. The molecule has 2 amide bonds. The normalized spacial score (nSPS) is 11.7. The first-order chi connectivity index (χ1) is 13.5. The summed E-state index contributed by atoms with van der Waals surface area (Å²) < 4.78 is 0. The number of amides is 2. The van der Waals surface area contributed by atoms with Gasteiger partial charge in [0, 0.05) is 23.1 Å². The van der Waals surface area contributed by atoms with Gasteiger partial charge in [-0.1, -0.05) is 73.4 Å². The summed E-state index contributed by atoms with van der Waals surface area (Å²) in [7, 11) is 0. The minimum atomic E-state index is -0.537. The number of nitrogens with zero attached hydrogens (tertiary/aromatic N) is 1. The average Bonchev–Trinajstić information content (AvgIpc) is 2.69. The Morgan fingerprint density at radius 1 is 1.07 bits per heavy atom. The van der Waals surface area contributed by atoms with E-state index >= 15 is 0 Å². The molecule has 4 nitrogen and oxygen atoms in total. The fourth-order valence-corrected chi connectivity index (χ4v) is 3.47. The van der Waals surface area contributed by atoms with Gasteiger partial charge in [0.15, 0.2) is 0 Å². The van der Waals surface area contributed by atoms with Crippen molar-refractivity contribution in [2.45, 2.75) is 45.7 Å². The Labute approximate surface area is 176 Å². The van der Waals surface area contributed by atoms with Gasteiger partial charge < -0.3 is 10.2 Å². The van der Waals surface area contributed by atoms with Gasteiger partial charge in [-0.15, -0.1) is 0 Å². The molecule has 1 atom stereocenters. The van der Waals surface area contributed by atoms with Crippen molar-refractivity contribution >= 4 is 35.0 Å². The molecular weight excluding hydrogens is 395 g/mol. The fraction of sp³-hybridized carbons (Fsp3) is 0.364. The van der Waals surface area contributed by atoms with Gasteiger partial charge in [-0.3, -0.25) is 9.59 Å². The highest BCUT2D eigenvalue weighted by Crippen LogP contribution is 2.23. The summed E-state index contributed by atoms with van der Waals surface area (Å²) in [4.78, 5) is 27.5. The SMILES string of the molecule is CCCNC(=O)C(CC)N(Cc1ccccc1)C(=O)Cc1ccc(Cl)cc1Cl. The molecule has 0 aliphatic heterocycles. The van der Waals surface area contributed by atoms with Gasteiger partial charge in [-0.05, 0) is 36.1 Å². The summed E-state index contributed by atoms with van der Waals surface area (Å²) in [6, 6.07) is 14.2. The minimum Gasteiger partial charge on any atom is -0.354 e. The van der Waals surface area contributed by atoms with E-state index in [1.54, 1.807) is 23.1 Å². The number of carbonyl (C=O) groups excluding carboxylic acids is 2. The quantitative estimate of drug-likeness (QED) is 0.628. The zero-order chi connectivity index (χ0) is 20.5. The molecule has 2 rings (SSSR count). The van der Waals surface area contributed by atoms with Crippen LogP contribution in [-0.2, 0) is 22.6 Å². The largest absolute Gasteiger partial charge is 0.354 e. The average molecular weight is 421 g/mol. The van der Waals surface area contributed by atoms with Crippen LogP contribution in [0.25, 0.3) is 0 Å². The monoisotopic (exact) mass is 420 g/mol. The molecule has 0 aliphatic carbocycles. The van der Waals surface area contributed by atoms with Gasteiger partial charge >= 0.3 is 0 Å². The van der Waals surface area contributed by atoms with Crippen LogP contribution in [0.1, 0.15) is 37.8 Å². The lowest BCUT2D eigenvalue weighted by atomic mass is 10.1. The van der Waals surface area contributed by atoms with Gasteiger partial charge in [0.2, 0.25) is 11.8 Å². The van der Waals surface area contributed by atoms with Crippen LogP contribution >= 0.6 is 23.2 Å². The van der Waals surface area contributed by atoms with Crippen LogP contribution in [0.15, 0.2) is 48.5 Å². The van der Waals surface area contributed by atoms with E-state index in [9.17, 15) is 9.59 Å². The van der Waals surface area contributed by atoms with Crippen LogP contribution in [0.4, 0.5) is 0 Å². The van der Waals surface area contributed by atoms with E-state index in [-0.39, 0.29) is 18.2 Å². The van der Waals surface area contributed by atoms with E-state index in [0.717, 1.165) is 12.0 Å². The molecule has 0 spiro atoms. The topological polar surface area (TPSA) is 49.4 Å². The van der Waals surface area contributed by atoms with Gasteiger partial charge in [0.1, 0.15) is 6.04 Å². The number of rotatable bonds is 9. The lowest BCUT2D eigenvalue weighted by Gasteiger charge is -2.31. The Bertz CT molecular complexity index is 796. The number of hydrogen-bond donors (Lipinski definition) is 1. The highest BCUT2D eigenvalue weighted by molar-refractivity contribution is 6.35. The van der Waals surface area contributed by atoms with Crippen LogP contribution < -0.4 is 5.32 Å². The third kappa shape index (κ3) is 6.25. The van der Waals surface area contributed by atoms with Crippen molar-refractivity contribution < 1.29 is 9.59 Å². The molecule has 28 heavy (non-hydrogen) atoms. The predicted molar refractivity (Wildman–Crippen MR) is 115 cm³/mol. The molecule has 1 unspecified atom stereocenters. The molecule has 1 N–H and O–H groups in total. The smallest absolute Gasteiger partial charge is 0.242 e. The highest BCUT2D eigenvalue weighted by atomic mass is 35.5. The summed E-state index contributed by atoms with van der Waals surface area (Å²) in [5, 5.41) is 3.88. The zero-order valence-electron chi connectivity index (χ0n) is 16.3. The Balaban J connectivity index is 2.27. The molecule has 6 heteroatoms. The zero-order valence-corrected chi connectivity index (χ0v) is 17.8. The molecule has 0 heterocycles. The summed E-state index contributed by atoms with van der Waals surface area (Å²) in [6.07, 6.45) is 1.48. The maximum atomic E-state index is 13.2. The molecule has 0 aliphatic rings. The first-order valence-corrected chi connectivity index (χ1v) is 10.3. The van der Waals surface area contributed by atoms with Crippen LogP contribution in [0.5, 0.6) is 0 Å². The summed E-state index contributed by atoms with van der Waals surface area (Å²) in [6.45, 7) is 4.86. The van der Waals surface area contributed by atoms with Crippen molar-refractivity contribution in [1.29, 1.82) is 0 Å². The maximum Gasteiger partial charge on any atom is 0.242 e. The first kappa shape index (κ1) is 22.3. The lowest BCUT2D eigenvalue weighted by molar-refractivity contribution is -0.140. The molecule has 0 saturated heterocycles. The molecular formula is C22H26Cl2N2O2. The Morgan fingerprint density at radius 3 is 2.39 bits per heavy atom. The molecule has 0 fully saturated rings. The summed E-state index contributed by atoms with van der Waals surface area (Å²) >= 11 is 12.2. The van der Waals surface area contributed by atoms with Gasteiger partial charge in [0.25, 0.3) is 0 Å². The van der Waals surface area contributed by atoms with E-state index in [2.05, 4.69) is 5.32 Å². The van der Waals surface area contributed by atoms with Crippen LogP contribution in [-0.4, -0.2) is 29.3 Å². The molecule has 0 radical (unpaired) electrons. The lowest BCUT2D eigenvalue weighted by Crippen LogP contribution is -2.49. The van der Waals surface area contributed by atoms with Crippen molar-refractivity contribution in [3.05, 3.63) is 69.7 Å². The van der Waals surface area contributed by atoms with Crippen molar-refractivity contribution in [2.75, 3.05) is 6.54 Å². The van der Waals surface area contributed by atoms with Crippen LogP contribution in [0.2, 0.25) is 10.0 Å². The standard InChI is InChI=1S/C22H26Cl2N2O2/c1-3-12-25-22(28)20(4-2)26(15-16-8-6-5-7-9-16)21(27)13-17-10-11-18(23)14-19(17)24/h5-11,14,20H,3-4,12-13,15H2,1-2H3,(H,25,28). The molecule has 0 aromatic heterocycles. The van der Waals surface area contributed by atoms with Crippen LogP contribution in [0.3, 0.4) is 0 Å². The fourth-order valence-electron chi connectivity index (χ4n) is 3.00. The maximum absolute atomic E-state index is 13.2. The molecule has 2 aromatic rings. The van der Waals surface area contributed by atoms with E-state index in [4.69, 9.17) is 23.2 Å². The van der Waals surface area contributed by atoms with E-state index in [1.165, 1.54) is 0 Å². The highest BCUT2D eigenvalue weighted by Gasteiger charge is 2.28. The number of nitrogens with one attached hydrogen (secondary N) is 1. The predicted octanol–water partition coefficient (Wildman–Crippen LogP) is 4.87. The Kier molecular flexibility index (Phi) is 8.81. The van der Waals surface area contributed by atoms with Crippen molar-refractivity contribution in [3.63, 3.8) is 0 Å². The molecule has 0 bridgehead atoms. The number of carbonyl (C=O) groups is 2. The summed E-state index contributed by atoms with van der Waals surface area (Å²) in [5.74, 6) is -0.276.